The van der Waals surface area contributed by atoms with Gasteiger partial charge in [0, 0.05) is 12.2 Å². The van der Waals surface area contributed by atoms with Crippen molar-refractivity contribution in [2.75, 3.05) is 6.54 Å². The molecule has 0 aromatic rings. The Bertz CT molecular complexity index is 166. The second-order valence-corrected chi connectivity index (χ2v) is 2.60. The Morgan fingerprint density at radius 1 is 1.42 bits per heavy atom. The van der Waals surface area contributed by atoms with Crippen molar-refractivity contribution in [2.45, 2.75) is 26.7 Å². The van der Waals surface area contributed by atoms with Gasteiger partial charge in [-0.1, -0.05) is 32.6 Å². The van der Waals surface area contributed by atoms with Gasteiger partial charge in [-0.2, -0.15) is 0 Å². The predicted molar refractivity (Wildman–Crippen MR) is 56.0 cm³/mol. The van der Waals surface area contributed by atoms with Crippen molar-refractivity contribution < 1.29 is 0 Å². The summed E-state index contributed by atoms with van der Waals surface area (Å²) in [6, 6.07) is 0. The van der Waals surface area contributed by atoms with Crippen LogP contribution in [0.25, 0.3) is 0 Å². The van der Waals surface area contributed by atoms with Gasteiger partial charge in [-0.25, -0.2) is 0 Å². The summed E-state index contributed by atoms with van der Waals surface area (Å²) in [7, 11) is 0. The van der Waals surface area contributed by atoms with E-state index < -0.39 is 0 Å². The minimum atomic E-state index is 1.02. The topological polar surface area (TPSA) is 12.0 Å². The third-order valence-electron chi connectivity index (χ3n) is 1.41. The van der Waals surface area contributed by atoms with Gasteiger partial charge in [-0.05, 0) is 25.0 Å². The van der Waals surface area contributed by atoms with Crippen molar-refractivity contribution in [1.29, 1.82) is 0 Å². The number of hydrogen-bond donors (Lipinski definition) is 1. The van der Waals surface area contributed by atoms with Crippen LogP contribution in [0.2, 0.25) is 0 Å². The molecule has 1 heteroatoms. The van der Waals surface area contributed by atoms with Crippen LogP contribution in [0.1, 0.15) is 26.7 Å². The zero-order valence-electron chi connectivity index (χ0n) is 8.14. The lowest BCUT2D eigenvalue weighted by molar-refractivity contribution is 0.784. The zero-order valence-corrected chi connectivity index (χ0v) is 8.14. The van der Waals surface area contributed by atoms with E-state index in [0.717, 1.165) is 25.1 Å². The summed E-state index contributed by atoms with van der Waals surface area (Å²) >= 11 is 0. The summed E-state index contributed by atoms with van der Waals surface area (Å²) < 4.78 is 0. The molecule has 0 amide bonds. The fraction of sp³-hybridized carbons (Fsp3) is 0.455. The van der Waals surface area contributed by atoms with E-state index >= 15 is 0 Å². The quantitative estimate of drug-likeness (QED) is 0.596. The Balaban J connectivity index is 3.95. The van der Waals surface area contributed by atoms with Crippen LogP contribution >= 0.6 is 0 Å². The average Bonchev–Trinajstić information content (AvgIpc) is 2.10. The van der Waals surface area contributed by atoms with Crippen LogP contribution in [0.3, 0.4) is 0 Å². The van der Waals surface area contributed by atoms with E-state index in [2.05, 4.69) is 37.9 Å². The third kappa shape index (κ3) is 5.78. The first-order valence-corrected chi connectivity index (χ1v) is 4.58. The first-order valence-electron chi connectivity index (χ1n) is 4.58. The van der Waals surface area contributed by atoms with Gasteiger partial charge in [0.15, 0.2) is 0 Å². The maximum Gasteiger partial charge on any atom is 0.0336 e. The van der Waals surface area contributed by atoms with Gasteiger partial charge in [0.05, 0.1) is 0 Å². The van der Waals surface area contributed by atoms with Crippen LogP contribution < -0.4 is 5.32 Å². The van der Waals surface area contributed by atoms with E-state index in [-0.39, 0.29) is 0 Å². The molecule has 0 radical (unpaired) electrons. The highest BCUT2D eigenvalue weighted by molar-refractivity contribution is 5.20. The van der Waals surface area contributed by atoms with E-state index in [0.29, 0.717) is 0 Å². The monoisotopic (exact) mass is 165 g/mol. The van der Waals surface area contributed by atoms with Crippen molar-refractivity contribution in [3.8, 4) is 0 Å². The predicted octanol–water partition coefficient (Wildman–Crippen LogP) is 3.02. The van der Waals surface area contributed by atoms with Crippen LogP contribution in [0, 0.1) is 0 Å². The summed E-state index contributed by atoms with van der Waals surface area (Å²) in [6.07, 6.45) is 10.2. The molecule has 1 nitrogen and oxygen atoms in total. The summed E-state index contributed by atoms with van der Waals surface area (Å²) in [6.45, 7) is 8.97. The second-order valence-electron chi connectivity index (χ2n) is 2.60. The van der Waals surface area contributed by atoms with Crippen LogP contribution in [0.5, 0.6) is 0 Å². The minimum absolute atomic E-state index is 1.02. The fourth-order valence-corrected chi connectivity index (χ4v) is 0.815. The SMILES string of the molecule is C=C/C=C(\C=C/CC)NCCC. The molecule has 12 heavy (non-hydrogen) atoms. The summed E-state index contributed by atoms with van der Waals surface area (Å²) in [5.74, 6) is 0. The Morgan fingerprint density at radius 2 is 2.17 bits per heavy atom. The Morgan fingerprint density at radius 3 is 2.67 bits per heavy atom. The molecule has 0 atom stereocenters. The molecule has 0 aliphatic rings. The molecule has 0 spiro atoms. The number of hydrogen-bond acceptors (Lipinski definition) is 1. The molecule has 0 saturated heterocycles. The highest BCUT2D eigenvalue weighted by atomic mass is 14.9. The normalized spacial score (nSPS) is 12.0. The largest absolute Gasteiger partial charge is 0.385 e. The van der Waals surface area contributed by atoms with E-state index in [4.69, 9.17) is 0 Å². The lowest BCUT2D eigenvalue weighted by Gasteiger charge is -2.03. The van der Waals surface area contributed by atoms with Crippen molar-refractivity contribution in [3.63, 3.8) is 0 Å². The highest BCUT2D eigenvalue weighted by Crippen LogP contribution is 1.94. The fourth-order valence-electron chi connectivity index (χ4n) is 0.815. The maximum atomic E-state index is 3.67. The van der Waals surface area contributed by atoms with Crippen molar-refractivity contribution >= 4 is 0 Å². The van der Waals surface area contributed by atoms with Crippen LogP contribution in [0.4, 0.5) is 0 Å². The van der Waals surface area contributed by atoms with Gasteiger partial charge >= 0.3 is 0 Å². The molecule has 0 bridgehead atoms. The summed E-state index contributed by atoms with van der Waals surface area (Å²) in [5.41, 5.74) is 1.15. The number of allylic oxidation sites excluding steroid dienone is 4. The average molecular weight is 165 g/mol. The van der Waals surface area contributed by atoms with Gasteiger partial charge < -0.3 is 5.32 Å². The van der Waals surface area contributed by atoms with E-state index in [1.807, 2.05) is 6.08 Å². The first-order chi connectivity index (χ1) is 5.85. The number of nitrogens with one attached hydrogen (secondary N) is 1. The first kappa shape index (κ1) is 11.0. The highest BCUT2D eigenvalue weighted by Gasteiger charge is 1.86. The molecular formula is C11H19N. The van der Waals surface area contributed by atoms with E-state index in [1.54, 1.807) is 6.08 Å². The summed E-state index contributed by atoms with van der Waals surface area (Å²) in [5, 5.41) is 3.31. The Kier molecular flexibility index (Phi) is 7.46. The maximum absolute atomic E-state index is 3.67. The second kappa shape index (κ2) is 8.12. The molecule has 68 valence electrons. The molecule has 1 N–H and O–H groups in total. The van der Waals surface area contributed by atoms with Crippen molar-refractivity contribution in [3.05, 3.63) is 36.6 Å². The van der Waals surface area contributed by atoms with Crippen LogP contribution in [-0.4, -0.2) is 6.54 Å². The molecule has 0 saturated carbocycles. The third-order valence-corrected chi connectivity index (χ3v) is 1.41. The lowest BCUT2D eigenvalue weighted by atomic mass is 10.3. The molecule has 0 aliphatic carbocycles. The molecule has 0 aromatic heterocycles. The van der Waals surface area contributed by atoms with Gasteiger partial charge in [0.25, 0.3) is 0 Å². The van der Waals surface area contributed by atoms with Gasteiger partial charge in [-0.15, -0.1) is 0 Å². The molecule has 0 aliphatic heterocycles. The van der Waals surface area contributed by atoms with Crippen LogP contribution in [-0.2, 0) is 0 Å². The molecule has 0 aromatic carbocycles. The van der Waals surface area contributed by atoms with Crippen molar-refractivity contribution in [1.82, 2.24) is 5.32 Å². The Labute approximate surface area is 75.9 Å². The van der Waals surface area contributed by atoms with Gasteiger partial charge in [0.2, 0.25) is 0 Å². The lowest BCUT2D eigenvalue weighted by Crippen LogP contribution is -2.12. The van der Waals surface area contributed by atoms with E-state index in [9.17, 15) is 0 Å². The summed E-state index contributed by atoms with van der Waals surface area (Å²) in [4.78, 5) is 0. The smallest absolute Gasteiger partial charge is 0.0336 e. The molecule has 0 unspecified atom stereocenters. The molecular weight excluding hydrogens is 146 g/mol. The standard InChI is InChI=1S/C11H19N/c1-4-7-9-11(8-5-2)12-10-6-3/h5,7-9,12H,2,4,6,10H2,1,3H3/b9-7-,11-8+. The minimum Gasteiger partial charge on any atom is -0.385 e. The van der Waals surface area contributed by atoms with Crippen molar-refractivity contribution in [2.24, 2.45) is 0 Å². The van der Waals surface area contributed by atoms with E-state index in [1.165, 1.54) is 0 Å². The molecule has 0 heterocycles. The number of rotatable bonds is 6. The Hall–Kier alpha value is -0.980. The molecule has 0 fully saturated rings. The van der Waals surface area contributed by atoms with Gasteiger partial charge in [0.1, 0.15) is 0 Å². The molecule has 0 rings (SSSR count). The van der Waals surface area contributed by atoms with Crippen LogP contribution in [0.15, 0.2) is 36.6 Å². The zero-order chi connectivity index (χ0) is 9.23. The van der Waals surface area contributed by atoms with Gasteiger partial charge in [-0.3, -0.25) is 0 Å².